The lowest BCUT2D eigenvalue weighted by Gasteiger charge is -2.04. The van der Waals surface area contributed by atoms with Crippen molar-refractivity contribution in [2.45, 2.75) is 55.4 Å². The summed E-state index contributed by atoms with van der Waals surface area (Å²) in [6.45, 7) is 6.63. The summed E-state index contributed by atoms with van der Waals surface area (Å²) in [5, 5.41) is 0. The van der Waals surface area contributed by atoms with Gasteiger partial charge in [0.05, 0.1) is 0 Å². The molecule has 0 fully saturated rings. The van der Waals surface area contributed by atoms with Crippen molar-refractivity contribution in [1.29, 1.82) is 0 Å². The Bertz CT molecular complexity index is 206. The first kappa shape index (κ1) is 18.9. The second kappa shape index (κ2) is 8.80. The molecule has 0 heterocycles. The molecule has 0 radical (unpaired) electrons. The SMILES string of the molecule is C.C.C.CCc1ccc(C(C)C)cc1. The number of rotatable bonds is 2. The number of aryl methyl sites for hydroxylation is 1. The van der Waals surface area contributed by atoms with Crippen LogP contribution >= 0.6 is 0 Å². The minimum atomic E-state index is 0. The van der Waals surface area contributed by atoms with E-state index in [1.807, 2.05) is 0 Å². The summed E-state index contributed by atoms with van der Waals surface area (Å²) in [6, 6.07) is 8.89. The van der Waals surface area contributed by atoms with E-state index < -0.39 is 0 Å². The van der Waals surface area contributed by atoms with Crippen molar-refractivity contribution in [2.75, 3.05) is 0 Å². The molecule has 0 aliphatic rings. The molecule has 0 heteroatoms. The highest BCUT2D eigenvalue weighted by Crippen LogP contribution is 2.14. The van der Waals surface area contributed by atoms with Crippen LogP contribution in [0, 0.1) is 0 Å². The summed E-state index contributed by atoms with van der Waals surface area (Å²) in [5.74, 6) is 0.654. The molecule has 0 spiro atoms. The van der Waals surface area contributed by atoms with Gasteiger partial charge in [0, 0.05) is 0 Å². The number of hydrogen-bond acceptors (Lipinski definition) is 0. The van der Waals surface area contributed by atoms with Crippen molar-refractivity contribution in [3.63, 3.8) is 0 Å². The second-order valence-electron chi connectivity index (χ2n) is 3.25. The molecule has 0 aliphatic carbocycles. The van der Waals surface area contributed by atoms with Crippen LogP contribution in [-0.4, -0.2) is 0 Å². The van der Waals surface area contributed by atoms with E-state index in [0.717, 1.165) is 6.42 Å². The lowest BCUT2D eigenvalue weighted by atomic mass is 10.0. The average molecular weight is 196 g/mol. The molecule has 0 saturated heterocycles. The third kappa shape index (κ3) is 5.06. The molecule has 1 aromatic carbocycles. The Labute approximate surface area is 91.4 Å². The van der Waals surface area contributed by atoms with Gasteiger partial charge in [-0.05, 0) is 23.5 Å². The van der Waals surface area contributed by atoms with E-state index in [-0.39, 0.29) is 22.3 Å². The van der Waals surface area contributed by atoms with E-state index in [2.05, 4.69) is 45.0 Å². The van der Waals surface area contributed by atoms with Crippen LogP contribution in [0.15, 0.2) is 24.3 Å². The minimum Gasteiger partial charge on any atom is -0.0776 e. The van der Waals surface area contributed by atoms with Crippen LogP contribution in [0.2, 0.25) is 0 Å². The van der Waals surface area contributed by atoms with Crippen LogP contribution in [0.5, 0.6) is 0 Å². The summed E-state index contributed by atoms with van der Waals surface area (Å²) in [6.07, 6.45) is 1.14. The van der Waals surface area contributed by atoms with Gasteiger partial charge in [0.2, 0.25) is 0 Å². The van der Waals surface area contributed by atoms with E-state index >= 15 is 0 Å². The Morgan fingerprint density at radius 1 is 0.929 bits per heavy atom. The van der Waals surface area contributed by atoms with Gasteiger partial charge in [-0.1, -0.05) is 67.3 Å². The summed E-state index contributed by atoms with van der Waals surface area (Å²) in [7, 11) is 0. The fourth-order valence-electron chi connectivity index (χ4n) is 1.14. The van der Waals surface area contributed by atoms with Gasteiger partial charge < -0.3 is 0 Å². The maximum atomic E-state index is 2.23. The van der Waals surface area contributed by atoms with Crippen molar-refractivity contribution in [1.82, 2.24) is 0 Å². The van der Waals surface area contributed by atoms with Crippen molar-refractivity contribution in [3.8, 4) is 0 Å². The molecule has 14 heavy (non-hydrogen) atoms. The minimum absolute atomic E-state index is 0. The molecule has 1 rings (SSSR count). The molecule has 0 nitrogen and oxygen atoms in total. The van der Waals surface area contributed by atoms with Crippen LogP contribution in [0.4, 0.5) is 0 Å². The summed E-state index contributed by atoms with van der Waals surface area (Å²) in [4.78, 5) is 0. The summed E-state index contributed by atoms with van der Waals surface area (Å²) < 4.78 is 0. The molecule has 0 saturated carbocycles. The quantitative estimate of drug-likeness (QED) is 0.603. The molecular formula is C14H28. The van der Waals surface area contributed by atoms with Gasteiger partial charge in [0.15, 0.2) is 0 Å². The number of hydrogen-bond donors (Lipinski definition) is 0. The van der Waals surface area contributed by atoms with Crippen molar-refractivity contribution < 1.29 is 0 Å². The molecule has 0 aromatic heterocycles. The largest absolute Gasteiger partial charge is 0.0776 e. The van der Waals surface area contributed by atoms with E-state index in [4.69, 9.17) is 0 Å². The molecule has 0 amide bonds. The predicted molar refractivity (Wildman–Crippen MR) is 70.1 cm³/mol. The standard InChI is InChI=1S/C11H16.3CH4/c1-4-10-5-7-11(8-6-10)9(2)3;;;/h5-9H,4H2,1-3H3;3*1H4. The van der Waals surface area contributed by atoms with E-state index in [1.54, 1.807) is 0 Å². The van der Waals surface area contributed by atoms with Gasteiger partial charge in [-0.25, -0.2) is 0 Å². The van der Waals surface area contributed by atoms with Gasteiger partial charge >= 0.3 is 0 Å². The maximum absolute atomic E-state index is 2.23. The van der Waals surface area contributed by atoms with E-state index in [0.29, 0.717) is 5.92 Å². The third-order valence-corrected chi connectivity index (χ3v) is 2.05. The fourth-order valence-corrected chi connectivity index (χ4v) is 1.14. The molecule has 0 N–H and O–H groups in total. The first-order chi connectivity index (χ1) is 5.24. The zero-order valence-corrected chi connectivity index (χ0v) is 7.59. The molecule has 0 unspecified atom stereocenters. The Morgan fingerprint density at radius 2 is 1.36 bits per heavy atom. The fraction of sp³-hybridized carbons (Fsp3) is 0.571. The smallest absolute Gasteiger partial charge is 0.0219 e. The normalized spacial score (nSPS) is 8.29. The Morgan fingerprint density at radius 3 is 1.64 bits per heavy atom. The highest BCUT2D eigenvalue weighted by Gasteiger charge is 1.96. The van der Waals surface area contributed by atoms with Crippen molar-refractivity contribution >= 4 is 0 Å². The first-order valence-electron chi connectivity index (χ1n) is 4.33. The van der Waals surface area contributed by atoms with Gasteiger partial charge in [0.1, 0.15) is 0 Å². The van der Waals surface area contributed by atoms with Crippen LogP contribution in [0.25, 0.3) is 0 Å². The predicted octanol–water partition coefficient (Wildman–Crippen LogP) is 5.28. The summed E-state index contributed by atoms with van der Waals surface area (Å²) in [5.41, 5.74) is 2.86. The Hall–Kier alpha value is -0.780. The molecule has 84 valence electrons. The van der Waals surface area contributed by atoms with Crippen LogP contribution in [0.3, 0.4) is 0 Å². The van der Waals surface area contributed by atoms with Crippen LogP contribution in [0.1, 0.15) is 60.1 Å². The van der Waals surface area contributed by atoms with Gasteiger partial charge in [-0.3, -0.25) is 0 Å². The second-order valence-corrected chi connectivity index (χ2v) is 3.25. The topological polar surface area (TPSA) is 0 Å². The lowest BCUT2D eigenvalue weighted by molar-refractivity contribution is 0.865. The maximum Gasteiger partial charge on any atom is -0.0219 e. The molecular weight excluding hydrogens is 168 g/mol. The highest BCUT2D eigenvalue weighted by molar-refractivity contribution is 5.24. The Balaban J connectivity index is -0.000000403. The molecule has 1 aromatic rings. The van der Waals surface area contributed by atoms with Crippen molar-refractivity contribution in [2.24, 2.45) is 0 Å². The van der Waals surface area contributed by atoms with Crippen LogP contribution < -0.4 is 0 Å². The zero-order valence-electron chi connectivity index (χ0n) is 7.59. The van der Waals surface area contributed by atoms with Gasteiger partial charge in [0.25, 0.3) is 0 Å². The zero-order chi connectivity index (χ0) is 8.27. The van der Waals surface area contributed by atoms with Crippen molar-refractivity contribution in [3.05, 3.63) is 35.4 Å². The molecule has 0 aliphatic heterocycles. The first-order valence-corrected chi connectivity index (χ1v) is 4.33. The average Bonchev–Trinajstić information content (AvgIpc) is 2.05. The highest BCUT2D eigenvalue weighted by atomic mass is 14.0. The monoisotopic (exact) mass is 196 g/mol. The van der Waals surface area contributed by atoms with Crippen LogP contribution in [-0.2, 0) is 6.42 Å². The van der Waals surface area contributed by atoms with Gasteiger partial charge in [-0.2, -0.15) is 0 Å². The number of benzene rings is 1. The molecule has 0 bridgehead atoms. The third-order valence-electron chi connectivity index (χ3n) is 2.05. The van der Waals surface area contributed by atoms with Gasteiger partial charge in [-0.15, -0.1) is 0 Å². The van der Waals surface area contributed by atoms with E-state index in [1.165, 1.54) is 11.1 Å². The molecule has 0 atom stereocenters. The lowest BCUT2D eigenvalue weighted by Crippen LogP contribution is -1.87. The van der Waals surface area contributed by atoms with E-state index in [9.17, 15) is 0 Å². The Kier molecular flexibility index (Phi) is 11.9. The summed E-state index contributed by atoms with van der Waals surface area (Å²) >= 11 is 0.